The molecule has 0 radical (unpaired) electrons. The number of benzene rings is 3. The van der Waals surface area contributed by atoms with E-state index in [1.807, 2.05) is 72.8 Å². The van der Waals surface area contributed by atoms with Crippen LogP contribution in [0.25, 0.3) is 11.0 Å². The van der Waals surface area contributed by atoms with Crippen LogP contribution in [0.15, 0.2) is 92.4 Å². The van der Waals surface area contributed by atoms with Crippen molar-refractivity contribution >= 4 is 51.8 Å². The second-order valence-corrected chi connectivity index (χ2v) is 8.49. The van der Waals surface area contributed by atoms with Crippen LogP contribution in [0.2, 0.25) is 0 Å². The minimum Gasteiger partial charge on any atom is -0.318 e. The third-order valence-electron chi connectivity index (χ3n) is 4.58. The number of amides is 1. The van der Waals surface area contributed by atoms with Crippen molar-refractivity contribution in [1.82, 2.24) is 9.97 Å². The fraction of sp³-hybridized carbons (Fsp3) is 0.0455. The fourth-order valence-corrected chi connectivity index (χ4v) is 5.07. The van der Waals surface area contributed by atoms with E-state index >= 15 is 0 Å². The van der Waals surface area contributed by atoms with E-state index in [1.54, 1.807) is 16.7 Å². The molecule has 0 fully saturated rings. The van der Waals surface area contributed by atoms with Gasteiger partial charge in [-0.25, -0.2) is 4.98 Å². The third kappa shape index (κ3) is 3.32. The van der Waals surface area contributed by atoms with Gasteiger partial charge in [-0.3, -0.25) is 14.5 Å². The van der Waals surface area contributed by atoms with Crippen molar-refractivity contribution in [3.05, 3.63) is 83.2 Å². The van der Waals surface area contributed by atoms with Crippen LogP contribution in [0.3, 0.4) is 0 Å². The zero-order valence-corrected chi connectivity index (χ0v) is 16.8. The number of para-hydroxylation sites is 4. The van der Waals surface area contributed by atoms with Gasteiger partial charge in [-0.15, -0.1) is 0 Å². The van der Waals surface area contributed by atoms with Gasteiger partial charge in [0.05, 0.1) is 28.2 Å². The van der Waals surface area contributed by atoms with E-state index in [9.17, 15) is 9.59 Å². The lowest BCUT2D eigenvalue weighted by Crippen LogP contribution is -2.30. The van der Waals surface area contributed by atoms with Crippen molar-refractivity contribution in [3.8, 4) is 0 Å². The molecular weight excluding hydrogens is 402 g/mol. The summed E-state index contributed by atoms with van der Waals surface area (Å²) in [7, 11) is 0. The molecule has 2 heterocycles. The Labute approximate surface area is 175 Å². The molecule has 3 aromatic carbocycles. The normalized spacial score (nSPS) is 12.5. The molecule has 5 nitrogen and oxygen atoms in total. The van der Waals surface area contributed by atoms with Crippen molar-refractivity contribution in [3.63, 3.8) is 0 Å². The monoisotopic (exact) mass is 417 g/mol. The maximum atomic E-state index is 13.2. The van der Waals surface area contributed by atoms with Crippen LogP contribution in [0, 0.1) is 0 Å². The number of nitrogens with one attached hydrogen (secondary N) is 1. The highest BCUT2D eigenvalue weighted by Gasteiger charge is 2.28. The third-order valence-corrected chi connectivity index (χ3v) is 6.65. The number of nitrogens with zero attached hydrogens (tertiary/aromatic N) is 2. The standard InChI is InChI=1S/C22H15N3O2S2/c26-20(13-28-22-21(27)23-14-7-1-2-8-15(14)24-22)25-16-9-3-5-11-18(16)29-19-12-6-4-10-17(19)25/h1-12H,13H2,(H,23,27). The predicted molar refractivity (Wildman–Crippen MR) is 117 cm³/mol. The summed E-state index contributed by atoms with van der Waals surface area (Å²) >= 11 is 2.81. The van der Waals surface area contributed by atoms with E-state index in [-0.39, 0.29) is 17.2 Å². The highest BCUT2D eigenvalue weighted by molar-refractivity contribution is 8.00. The molecule has 0 saturated heterocycles. The molecule has 142 valence electrons. The molecule has 5 rings (SSSR count). The van der Waals surface area contributed by atoms with E-state index in [2.05, 4.69) is 9.97 Å². The first-order chi connectivity index (χ1) is 14.2. The molecule has 1 amide bonds. The van der Waals surface area contributed by atoms with E-state index in [4.69, 9.17) is 0 Å². The summed E-state index contributed by atoms with van der Waals surface area (Å²) in [5, 5.41) is 0.296. The molecule has 7 heteroatoms. The SMILES string of the molecule is O=C(CSc1nc2ccccc2[nH]c1=O)N1c2ccccc2Sc2ccccc21. The molecule has 29 heavy (non-hydrogen) atoms. The van der Waals surface area contributed by atoms with Crippen molar-refractivity contribution in [2.24, 2.45) is 0 Å². The van der Waals surface area contributed by atoms with E-state index in [0.717, 1.165) is 32.9 Å². The van der Waals surface area contributed by atoms with Gasteiger partial charge in [-0.05, 0) is 36.4 Å². The largest absolute Gasteiger partial charge is 0.318 e. The first-order valence-electron chi connectivity index (χ1n) is 9.01. The van der Waals surface area contributed by atoms with Crippen LogP contribution in [-0.2, 0) is 4.79 Å². The molecule has 4 aromatic rings. The second kappa shape index (κ2) is 7.42. The number of aromatic nitrogens is 2. The number of hydrogen-bond donors (Lipinski definition) is 1. The number of thioether (sulfide) groups is 1. The van der Waals surface area contributed by atoms with Gasteiger partial charge in [0.1, 0.15) is 0 Å². The summed E-state index contributed by atoms with van der Waals surface area (Å²) in [6.45, 7) is 0. The Morgan fingerprint density at radius 2 is 1.55 bits per heavy atom. The Kier molecular flexibility index (Phi) is 4.61. The van der Waals surface area contributed by atoms with Crippen molar-refractivity contribution < 1.29 is 4.79 Å². The molecule has 1 N–H and O–H groups in total. The predicted octanol–water partition coefficient (Wildman–Crippen LogP) is 4.84. The van der Waals surface area contributed by atoms with Crippen LogP contribution in [0.1, 0.15) is 0 Å². The molecule has 1 aromatic heterocycles. The van der Waals surface area contributed by atoms with Gasteiger partial charge in [0, 0.05) is 9.79 Å². The summed E-state index contributed by atoms with van der Waals surface area (Å²) in [6.07, 6.45) is 0. The summed E-state index contributed by atoms with van der Waals surface area (Å²) in [5.74, 6) is 0.0199. The Bertz CT molecular complexity index is 1260. The summed E-state index contributed by atoms with van der Waals surface area (Å²) < 4.78 is 0. The summed E-state index contributed by atoms with van der Waals surface area (Å²) in [6, 6.07) is 23.1. The number of aromatic amines is 1. The Hall–Kier alpha value is -3.03. The van der Waals surface area contributed by atoms with Crippen LogP contribution in [0.4, 0.5) is 11.4 Å². The molecule has 1 aliphatic rings. The highest BCUT2D eigenvalue weighted by Crippen LogP contribution is 2.48. The van der Waals surface area contributed by atoms with E-state index < -0.39 is 0 Å². The van der Waals surface area contributed by atoms with Gasteiger partial charge < -0.3 is 4.98 Å². The number of hydrogen-bond acceptors (Lipinski definition) is 5. The summed E-state index contributed by atoms with van der Waals surface area (Å²) in [5.41, 5.74) is 2.83. The summed E-state index contributed by atoms with van der Waals surface area (Å²) in [4.78, 5) is 36.6. The van der Waals surface area contributed by atoms with Crippen molar-refractivity contribution in [2.45, 2.75) is 14.8 Å². The molecule has 0 spiro atoms. The smallest absolute Gasteiger partial charge is 0.280 e. The Balaban J connectivity index is 1.46. The zero-order valence-electron chi connectivity index (χ0n) is 15.2. The maximum absolute atomic E-state index is 13.2. The molecule has 0 unspecified atom stereocenters. The second-order valence-electron chi connectivity index (χ2n) is 6.44. The quantitative estimate of drug-likeness (QED) is 0.483. The van der Waals surface area contributed by atoms with Gasteiger partial charge in [0.25, 0.3) is 5.56 Å². The number of rotatable bonds is 3. The molecule has 0 bridgehead atoms. The lowest BCUT2D eigenvalue weighted by molar-refractivity contribution is -0.115. The number of carbonyl (C=O) groups is 1. The fourth-order valence-electron chi connectivity index (χ4n) is 3.28. The zero-order chi connectivity index (χ0) is 19.8. The van der Waals surface area contributed by atoms with Crippen molar-refractivity contribution in [2.75, 3.05) is 10.7 Å². The van der Waals surface area contributed by atoms with E-state index in [0.29, 0.717) is 16.1 Å². The number of carbonyl (C=O) groups excluding carboxylic acids is 1. The van der Waals surface area contributed by atoms with Crippen LogP contribution < -0.4 is 10.5 Å². The molecular formula is C22H15N3O2S2. The van der Waals surface area contributed by atoms with Gasteiger partial charge in [-0.1, -0.05) is 59.9 Å². The van der Waals surface area contributed by atoms with Crippen LogP contribution in [-0.4, -0.2) is 21.6 Å². The first-order valence-corrected chi connectivity index (χ1v) is 10.8. The highest BCUT2D eigenvalue weighted by atomic mass is 32.2. The average Bonchev–Trinajstić information content (AvgIpc) is 2.75. The minimum absolute atomic E-state index is 0.0930. The van der Waals surface area contributed by atoms with Gasteiger partial charge in [0.15, 0.2) is 5.03 Å². The minimum atomic E-state index is -0.281. The van der Waals surface area contributed by atoms with Crippen molar-refractivity contribution in [1.29, 1.82) is 0 Å². The topological polar surface area (TPSA) is 66.1 Å². The van der Waals surface area contributed by atoms with Crippen LogP contribution in [0.5, 0.6) is 0 Å². The molecule has 1 aliphatic heterocycles. The lowest BCUT2D eigenvalue weighted by atomic mass is 10.2. The first kappa shape index (κ1) is 18.0. The van der Waals surface area contributed by atoms with Gasteiger partial charge >= 0.3 is 0 Å². The van der Waals surface area contributed by atoms with Crippen LogP contribution >= 0.6 is 23.5 Å². The molecule has 0 aliphatic carbocycles. The number of H-pyrrole nitrogens is 1. The molecule has 0 saturated carbocycles. The Morgan fingerprint density at radius 3 is 2.28 bits per heavy atom. The molecule has 0 atom stereocenters. The number of anilines is 2. The Morgan fingerprint density at radius 1 is 0.931 bits per heavy atom. The maximum Gasteiger partial charge on any atom is 0.280 e. The average molecular weight is 418 g/mol. The van der Waals surface area contributed by atoms with Gasteiger partial charge in [0.2, 0.25) is 5.91 Å². The lowest BCUT2D eigenvalue weighted by Gasteiger charge is -2.30. The number of fused-ring (bicyclic) bond motifs is 3. The van der Waals surface area contributed by atoms with Gasteiger partial charge in [-0.2, -0.15) is 0 Å². The van der Waals surface area contributed by atoms with E-state index in [1.165, 1.54) is 0 Å².